The number of hydrazone groups is 1. The number of amides is 1. The van der Waals surface area contributed by atoms with Gasteiger partial charge in [-0.1, -0.05) is 46.3 Å². The highest BCUT2D eigenvalue weighted by Crippen LogP contribution is 2.27. The second-order valence-corrected chi connectivity index (χ2v) is 7.14. The van der Waals surface area contributed by atoms with E-state index in [1.165, 1.54) is 12.1 Å². The van der Waals surface area contributed by atoms with E-state index in [9.17, 15) is 9.90 Å². The summed E-state index contributed by atoms with van der Waals surface area (Å²) < 4.78 is 6.57. The van der Waals surface area contributed by atoms with Crippen molar-refractivity contribution in [1.29, 1.82) is 0 Å². The second kappa shape index (κ2) is 8.22. The molecule has 0 atom stereocenters. The standard InChI is InChI=1S/C21H19BrN2O3/c1-13(2)27-20-10-7-14-5-3-4-6-16(14)18(20)12-23-24-21(26)17-11-15(22)8-9-19(17)25/h3-13,25H,1-2H3,(H,24,26)/b23-12+. The summed E-state index contributed by atoms with van der Waals surface area (Å²) in [5.41, 5.74) is 3.37. The molecule has 1 amide bonds. The summed E-state index contributed by atoms with van der Waals surface area (Å²) in [7, 11) is 0. The van der Waals surface area contributed by atoms with Crippen LogP contribution in [0, 0.1) is 0 Å². The highest BCUT2D eigenvalue weighted by Gasteiger charge is 2.12. The van der Waals surface area contributed by atoms with Crippen molar-refractivity contribution in [2.75, 3.05) is 0 Å². The van der Waals surface area contributed by atoms with Gasteiger partial charge >= 0.3 is 0 Å². The molecule has 0 fully saturated rings. The monoisotopic (exact) mass is 426 g/mol. The van der Waals surface area contributed by atoms with E-state index in [4.69, 9.17) is 4.74 Å². The van der Waals surface area contributed by atoms with Gasteiger partial charge in [0.15, 0.2) is 0 Å². The van der Waals surface area contributed by atoms with Crippen LogP contribution < -0.4 is 10.2 Å². The number of carbonyl (C=O) groups excluding carboxylic acids is 1. The van der Waals surface area contributed by atoms with Crippen molar-refractivity contribution < 1.29 is 14.6 Å². The summed E-state index contributed by atoms with van der Waals surface area (Å²) in [4.78, 5) is 12.3. The summed E-state index contributed by atoms with van der Waals surface area (Å²) in [6, 6.07) is 16.4. The van der Waals surface area contributed by atoms with Gasteiger partial charge in [-0.05, 0) is 48.9 Å². The zero-order chi connectivity index (χ0) is 19.4. The van der Waals surface area contributed by atoms with Crippen LogP contribution in [0.2, 0.25) is 0 Å². The third-order valence-electron chi connectivity index (χ3n) is 3.86. The Morgan fingerprint density at radius 1 is 1.19 bits per heavy atom. The molecule has 5 nitrogen and oxygen atoms in total. The molecule has 138 valence electrons. The average molecular weight is 427 g/mol. The lowest BCUT2D eigenvalue weighted by atomic mass is 10.0. The zero-order valence-electron chi connectivity index (χ0n) is 14.9. The number of nitrogens with one attached hydrogen (secondary N) is 1. The molecule has 3 aromatic rings. The molecule has 6 heteroatoms. The van der Waals surface area contributed by atoms with Crippen LogP contribution in [0.5, 0.6) is 11.5 Å². The van der Waals surface area contributed by atoms with Gasteiger partial charge in [0.1, 0.15) is 11.5 Å². The SMILES string of the molecule is CC(C)Oc1ccc2ccccc2c1/C=N/NC(=O)c1cc(Br)ccc1O. The molecule has 0 spiro atoms. The Morgan fingerprint density at radius 2 is 1.96 bits per heavy atom. The molecule has 27 heavy (non-hydrogen) atoms. The maximum Gasteiger partial charge on any atom is 0.275 e. The quantitative estimate of drug-likeness (QED) is 0.451. The first kappa shape index (κ1) is 18.9. The van der Waals surface area contributed by atoms with Crippen molar-refractivity contribution in [3.05, 3.63) is 70.2 Å². The molecule has 0 saturated heterocycles. The minimum absolute atomic E-state index is 0.00604. The summed E-state index contributed by atoms with van der Waals surface area (Å²) in [5.74, 6) is 0.0727. The Morgan fingerprint density at radius 3 is 2.74 bits per heavy atom. The van der Waals surface area contributed by atoms with Gasteiger partial charge in [0.25, 0.3) is 5.91 Å². The predicted octanol–water partition coefficient (Wildman–Crippen LogP) is 4.86. The smallest absolute Gasteiger partial charge is 0.275 e. The van der Waals surface area contributed by atoms with Gasteiger partial charge in [-0.2, -0.15) is 5.10 Å². The van der Waals surface area contributed by atoms with Crippen LogP contribution in [-0.4, -0.2) is 23.3 Å². The number of rotatable bonds is 5. The van der Waals surface area contributed by atoms with Crippen LogP contribution in [0.4, 0.5) is 0 Å². The van der Waals surface area contributed by atoms with Crippen LogP contribution in [0.25, 0.3) is 10.8 Å². The van der Waals surface area contributed by atoms with E-state index in [0.717, 1.165) is 16.3 Å². The number of fused-ring (bicyclic) bond motifs is 1. The molecule has 3 aromatic carbocycles. The van der Waals surface area contributed by atoms with Crippen molar-refractivity contribution in [3.63, 3.8) is 0 Å². The van der Waals surface area contributed by atoms with Gasteiger partial charge in [0, 0.05) is 10.0 Å². The highest BCUT2D eigenvalue weighted by molar-refractivity contribution is 9.10. The molecule has 0 bridgehead atoms. The summed E-state index contributed by atoms with van der Waals surface area (Å²) in [5, 5.41) is 15.9. The first-order valence-corrected chi connectivity index (χ1v) is 9.25. The Hall–Kier alpha value is -2.86. The van der Waals surface area contributed by atoms with Gasteiger partial charge in [-0.3, -0.25) is 4.79 Å². The van der Waals surface area contributed by atoms with Crippen LogP contribution in [0.1, 0.15) is 29.8 Å². The minimum atomic E-state index is -0.503. The number of benzene rings is 3. The van der Waals surface area contributed by atoms with Gasteiger partial charge < -0.3 is 9.84 Å². The predicted molar refractivity (Wildman–Crippen MR) is 111 cm³/mol. The highest BCUT2D eigenvalue weighted by atomic mass is 79.9. The van der Waals surface area contributed by atoms with E-state index >= 15 is 0 Å². The van der Waals surface area contributed by atoms with Crippen LogP contribution in [0.3, 0.4) is 0 Å². The lowest BCUT2D eigenvalue weighted by molar-refractivity contribution is 0.0952. The van der Waals surface area contributed by atoms with Gasteiger partial charge in [0.2, 0.25) is 0 Å². The third kappa shape index (κ3) is 4.46. The second-order valence-electron chi connectivity index (χ2n) is 6.23. The topological polar surface area (TPSA) is 70.9 Å². The Labute approximate surface area is 165 Å². The van der Waals surface area contributed by atoms with Gasteiger partial charge in [-0.25, -0.2) is 5.43 Å². The zero-order valence-corrected chi connectivity index (χ0v) is 16.5. The molecule has 3 rings (SSSR count). The Balaban J connectivity index is 1.90. The van der Waals surface area contributed by atoms with Crippen molar-refractivity contribution in [1.82, 2.24) is 5.43 Å². The fourth-order valence-corrected chi connectivity index (χ4v) is 3.03. The summed E-state index contributed by atoms with van der Waals surface area (Å²) >= 11 is 3.28. The third-order valence-corrected chi connectivity index (χ3v) is 4.35. The van der Waals surface area contributed by atoms with E-state index in [1.54, 1.807) is 12.3 Å². The van der Waals surface area contributed by atoms with Gasteiger partial charge in [0.05, 0.1) is 17.9 Å². The van der Waals surface area contributed by atoms with Crippen molar-refractivity contribution in [2.45, 2.75) is 20.0 Å². The number of aromatic hydroxyl groups is 1. The lowest BCUT2D eigenvalue weighted by Crippen LogP contribution is -2.18. The fourth-order valence-electron chi connectivity index (χ4n) is 2.67. The molecule has 0 aliphatic rings. The Kier molecular flexibility index (Phi) is 5.76. The molecular weight excluding hydrogens is 408 g/mol. The molecule has 0 saturated carbocycles. The molecule has 2 N–H and O–H groups in total. The molecular formula is C21H19BrN2O3. The average Bonchev–Trinajstić information content (AvgIpc) is 2.64. The number of phenolic OH excluding ortho intramolecular Hbond substituents is 1. The normalized spacial score (nSPS) is 11.3. The van der Waals surface area contributed by atoms with Crippen molar-refractivity contribution in [3.8, 4) is 11.5 Å². The Bertz CT molecular complexity index is 1020. The number of ether oxygens (including phenoxy) is 1. The maximum absolute atomic E-state index is 12.3. The van der Waals surface area contributed by atoms with E-state index in [2.05, 4.69) is 26.5 Å². The van der Waals surface area contributed by atoms with Crippen LogP contribution in [0.15, 0.2) is 64.2 Å². The minimum Gasteiger partial charge on any atom is -0.507 e. The number of nitrogens with zero attached hydrogens (tertiary/aromatic N) is 1. The summed E-state index contributed by atoms with van der Waals surface area (Å²) in [6.07, 6.45) is 1.57. The van der Waals surface area contributed by atoms with Crippen LogP contribution >= 0.6 is 15.9 Å². The van der Waals surface area contributed by atoms with E-state index < -0.39 is 5.91 Å². The number of carbonyl (C=O) groups is 1. The maximum atomic E-state index is 12.3. The molecule has 0 aliphatic heterocycles. The number of phenols is 1. The van der Waals surface area contributed by atoms with Crippen molar-refractivity contribution in [2.24, 2.45) is 5.10 Å². The largest absolute Gasteiger partial charge is 0.507 e. The first-order valence-electron chi connectivity index (χ1n) is 8.46. The fraction of sp³-hybridized carbons (Fsp3) is 0.143. The van der Waals surface area contributed by atoms with Gasteiger partial charge in [-0.15, -0.1) is 0 Å². The van der Waals surface area contributed by atoms with E-state index in [1.807, 2.05) is 50.2 Å². The molecule has 0 heterocycles. The number of hydrogen-bond donors (Lipinski definition) is 2. The molecule has 0 radical (unpaired) electrons. The van der Waals surface area contributed by atoms with Crippen molar-refractivity contribution >= 4 is 38.8 Å². The lowest BCUT2D eigenvalue weighted by Gasteiger charge is -2.14. The number of hydrogen-bond acceptors (Lipinski definition) is 4. The number of halogens is 1. The molecule has 0 aromatic heterocycles. The van der Waals surface area contributed by atoms with E-state index in [-0.39, 0.29) is 17.4 Å². The first-order chi connectivity index (χ1) is 13.0. The summed E-state index contributed by atoms with van der Waals surface area (Å²) in [6.45, 7) is 3.90. The molecule has 0 unspecified atom stereocenters. The molecule has 0 aliphatic carbocycles. The van der Waals surface area contributed by atoms with Crippen LogP contribution in [-0.2, 0) is 0 Å². The van der Waals surface area contributed by atoms with E-state index in [0.29, 0.717) is 10.2 Å².